The number of ether oxygens (including phenoxy) is 1. The lowest BCUT2D eigenvalue weighted by Gasteiger charge is -2.30. The van der Waals surface area contributed by atoms with Crippen molar-refractivity contribution in [1.82, 2.24) is 0 Å². The fourth-order valence-electron chi connectivity index (χ4n) is 3.33. The van der Waals surface area contributed by atoms with Crippen molar-refractivity contribution < 1.29 is 24.5 Å². The van der Waals surface area contributed by atoms with Crippen LogP contribution in [0.2, 0.25) is 0 Å². The molecule has 0 aliphatic carbocycles. The van der Waals surface area contributed by atoms with Crippen LogP contribution in [-0.2, 0) is 20.4 Å². The zero-order chi connectivity index (χ0) is 22.1. The van der Waals surface area contributed by atoms with Crippen LogP contribution in [-0.4, -0.2) is 28.8 Å². The van der Waals surface area contributed by atoms with Crippen LogP contribution < -0.4 is 4.74 Å². The number of carbonyl (C=O) groups is 2. The highest BCUT2D eigenvalue weighted by atomic mass is 16.5. The molecule has 5 heteroatoms. The normalized spacial score (nSPS) is 12.0. The molecule has 0 bridgehead atoms. The van der Waals surface area contributed by atoms with Crippen molar-refractivity contribution in [2.24, 2.45) is 0 Å². The number of aliphatic carboxylic acids is 2. The van der Waals surface area contributed by atoms with Gasteiger partial charge in [0.15, 0.2) is 0 Å². The van der Waals surface area contributed by atoms with Gasteiger partial charge in [0.05, 0.1) is 17.4 Å². The first-order chi connectivity index (χ1) is 13.5. The Bertz CT molecular complexity index is 676. The Hall–Kier alpha value is -2.04. The van der Waals surface area contributed by atoms with Crippen LogP contribution in [0.5, 0.6) is 5.75 Å². The largest absolute Gasteiger partial charge is 0.494 e. The van der Waals surface area contributed by atoms with Gasteiger partial charge in [0, 0.05) is 0 Å². The maximum atomic E-state index is 11.8. The Labute approximate surface area is 175 Å². The smallest absolute Gasteiger partial charge is 0.313 e. The van der Waals surface area contributed by atoms with E-state index >= 15 is 0 Å². The van der Waals surface area contributed by atoms with Gasteiger partial charge in [0.1, 0.15) is 5.75 Å². The van der Waals surface area contributed by atoms with Gasteiger partial charge in [0.25, 0.3) is 0 Å². The standard InChI is InChI=1S/C24H38O5/c1-6-7-8-9-10-11-12-13-16-29-18-14-15-19(23(2,3)21(25)26)20(17-18)24(4,5)22(27)28/h14-15,17H,6-13,16H2,1-5H3,(H,25,26)(H,27,28). The molecule has 0 heterocycles. The molecule has 0 aromatic heterocycles. The Morgan fingerprint density at radius 2 is 1.28 bits per heavy atom. The number of carboxylic acids is 2. The van der Waals surface area contributed by atoms with E-state index in [1.807, 2.05) is 0 Å². The number of benzene rings is 1. The van der Waals surface area contributed by atoms with Crippen LogP contribution in [0.1, 0.15) is 97.1 Å². The zero-order valence-corrected chi connectivity index (χ0v) is 18.7. The summed E-state index contributed by atoms with van der Waals surface area (Å²) in [4.78, 5) is 23.6. The molecule has 0 fully saturated rings. The molecule has 5 nitrogen and oxygen atoms in total. The van der Waals surface area contributed by atoms with Crippen LogP contribution in [0.25, 0.3) is 0 Å². The molecule has 0 amide bonds. The summed E-state index contributed by atoms with van der Waals surface area (Å²) in [7, 11) is 0. The molecule has 0 aliphatic rings. The summed E-state index contributed by atoms with van der Waals surface area (Å²) >= 11 is 0. The molecule has 29 heavy (non-hydrogen) atoms. The highest BCUT2D eigenvalue weighted by Gasteiger charge is 2.39. The van der Waals surface area contributed by atoms with Crippen molar-refractivity contribution in [3.63, 3.8) is 0 Å². The third kappa shape index (κ3) is 7.06. The third-order valence-electron chi connectivity index (χ3n) is 5.67. The van der Waals surface area contributed by atoms with Crippen LogP contribution in [0.15, 0.2) is 18.2 Å². The Morgan fingerprint density at radius 1 is 0.793 bits per heavy atom. The van der Waals surface area contributed by atoms with Gasteiger partial charge in [-0.25, -0.2) is 0 Å². The summed E-state index contributed by atoms with van der Waals surface area (Å²) in [6.07, 6.45) is 9.71. The van der Waals surface area contributed by atoms with E-state index in [0.717, 1.165) is 12.8 Å². The van der Waals surface area contributed by atoms with Gasteiger partial charge in [-0.05, 0) is 57.4 Å². The van der Waals surface area contributed by atoms with Crippen LogP contribution in [0, 0.1) is 0 Å². The summed E-state index contributed by atoms with van der Waals surface area (Å²) in [6.45, 7) is 9.15. The molecule has 0 atom stereocenters. The average molecular weight is 407 g/mol. The van der Waals surface area contributed by atoms with Gasteiger partial charge >= 0.3 is 11.9 Å². The SMILES string of the molecule is CCCCCCCCCCOc1ccc(C(C)(C)C(=O)O)c(C(C)(C)C(=O)O)c1. The predicted molar refractivity (Wildman–Crippen MR) is 116 cm³/mol. The zero-order valence-electron chi connectivity index (χ0n) is 18.7. The van der Waals surface area contributed by atoms with E-state index in [9.17, 15) is 19.8 Å². The maximum Gasteiger partial charge on any atom is 0.313 e. The van der Waals surface area contributed by atoms with Gasteiger partial charge in [-0.3, -0.25) is 9.59 Å². The van der Waals surface area contributed by atoms with Gasteiger partial charge < -0.3 is 14.9 Å². The molecule has 0 saturated heterocycles. The molecular weight excluding hydrogens is 368 g/mol. The Kier molecular flexibility index (Phi) is 9.67. The third-order valence-corrected chi connectivity index (χ3v) is 5.67. The van der Waals surface area contributed by atoms with E-state index in [-0.39, 0.29) is 0 Å². The van der Waals surface area contributed by atoms with E-state index in [1.165, 1.54) is 38.5 Å². The second kappa shape index (κ2) is 11.2. The summed E-state index contributed by atoms with van der Waals surface area (Å²) in [6, 6.07) is 5.13. The highest BCUT2D eigenvalue weighted by molar-refractivity contribution is 5.85. The first-order valence-corrected chi connectivity index (χ1v) is 10.8. The minimum absolute atomic E-state index is 0.478. The molecule has 0 spiro atoms. The van der Waals surface area contributed by atoms with Crippen molar-refractivity contribution in [2.45, 2.75) is 96.8 Å². The molecule has 0 saturated carbocycles. The first kappa shape index (κ1) is 25.0. The lowest BCUT2D eigenvalue weighted by Crippen LogP contribution is -2.36. The molecular formula is C24H38O5. The average Bonchev–Trinajstić information content (AvgIpc) is 2.66. The van der Waals surface area contributed by atoms with E-state index in [4.69, 9.17) is 4.74 Å². The molecule has 1 rings (SSSR count). The van der Waals surface area contributed by atoms with Crippen LogP contribution in [0.4, 0.5) is 0 Å². The lowest BCUT2D eigenvalue weighted by atomic mass is 9.73. The van der Waals surface area contributed by atoms with Crippen molar-refractivity contribution in [1.29, 1.82) is 0 Å². The van der Waals surface area contributed by atoms with Gasteiger partial charge in [0.2, 0.25) is 0 Å². The highest BCUT2D eigenvalue weighted by Crippen LogP contribution is 2.37. The van der Waals surface area contributed by atoms with Crippen LogP contribution in [0.3, 0.4) is 0 Å². The maximum absolute atomic E-state index is 11.8. The fourth-order valence-corrected chi connectivity index (χ4v) is 3.33. The van der Waals surface area contributed by atoms with Crippen molar-refractivity contribution in [3.8, 4) is 5.75 Å². The van der Waals surface area contributed by atoms with E-state index in [2.05, 4.69) is 6.92 Å². The number of carboxylic acid groups (broad SMARTS) is 2. The molecule has 0 aliphatic heterocycles. The van der Waals surface area contributed by atoms with Crippen LogP contribution >= 0.6 is 0 Å². The monoisotopic (exact) mass is 406 g/mol. The summed E-state index contributed by atoms with van der Waals surface area (Å²) in [5, 5.41) is 19.3. The molecule has 0 radical (unpaired) electrons. The van der Waals surface area contributed by atoms with E-state index < -0.39 is 22.8 Å². The lowest BCUT2D eigenvalue weighted by molar-refractivity contribution is -0.144. The number of rotatable bonds is 14. The van der Waals surface area contributed by atoms with Gasteiger partial charge in [-0.2, -0.15) is 0 Å². The van der Waals surface area contributed by atoms with Gasteiger partial charge in [-0.15, -0.1) is 0 Å². The van der Waals surface area contributed by atoms with Crippen molar-refractivity contribution >= 4 is 11.9 Å². The number of hydrogen-bond acceptors (Lipinski definition) is 3. The van der Waals surface area contributed by atoms with Crippen molar-refractivity contribution in [3.05, 3.63) is 29.3 Å². The van der Waals surface area contributed by atoms with Gasteiger partial charge in [-0.1, -0.05) is 57.9 Å². The molecule has 1 aromatic rings. The topological polar surface area (TPSA) is 83.8 Å². The Balaban J connectivity index is 2.79. The van der Waals surface area contributed by atoms with E-state index in [0.29, 0.717) is 23.5 Å². The van der Waals surface area contributed by atoms with E-state index in [1.54, 1.807) is 45.9 Å². The number of hydrogen-bond donors (Lipinski definition) is 2. The summed E-state index contributed by atoms with van der Waals surface area (Å²) < 4.78 is 5.85. The first-order valence-electron chi connectivity index (χ1n) is 10.8. The van der Waals surface area contributed by atoms with Crippen molar-refractivity contribution in [2.75, 3.05) is 6.61 Å². The molecule has 164 valence electrons. The summed E-state index contributed by atoms with van der Waals surface area (Å²) in [5.74, 6) is -1.41. The molecule has 0 unspecified atom stereocenters. The predicted octanol–water partition coefficient (Wildman–Crippen LogP) is 5.93. The second-order valence-electron chi connectivity index (χ2n) is 8.89. The quantitative estimate of drug-likeness (QED) is 0.374. The molecule has 2 N–H and O–H groups in total. The second-order valence-corrected chi connectivity index (χ2v) is 8.89. The summed E-state index contributed by atoms with van der Waals surface area (Å²) in [5.41, 5.74) is -1.44. The minimum atomic E-state index is -1.22. The number of unbranched alkanes of at least 4 members (excludes halogenated alkanes) is 7. The fraction of sp³-hybridized carbons (Fsp3) is 0.667. The minimum Gasteiger partial charge on any atom is -0.494 e. The Morgan fingerprint density at radius 3 is 1.79 bits per heavy atom. The molecule has 1 aromatic carbocycles.